The van der Waals surface area contributed by atoms with Crippen LogP contribution in [0.3, 0.4) is 0 Å². The molecule has 10 nitrogen and oxygen atoms in total. The molecule has 0 aromatic heterocycles. The molecule has 0 aromatic carbocycles. The van der Waals surface area contributed by atoms with E-state index in [4.69, 9.17) is 10.8 Å². The van der Waals surface area contributed by atoms with Gasteiger partial charge in [0.25, 0.3) is 0 Å². The highest BCUT2D eigenvalue weighted by Crippen LogP contribution is 2.04. The third kappa shape index (κ3) is 7.88. The van der Waals surface area contributed by atoms with Crippen molar-refractivity contribution in [2.45, 2.75) is 45.4 Å². The molecule has 4 unspecified atom stereocenters. The maximum atomic E-state index is 11.8. The van der Waals surface area contributed by atoms with E-state index < -0.39 is 55.0 Å². The zero-order chi connectivity index (χ0) is 18.9. The van der Waals surface area contributed by atoms with Crippen molar-refractivity contribution in [3.63, 3.8) is 0 Å². The van der Waals surface area contributed by atoms with Crippen molar-refractivity contribution in [2.24, 2.45) is 11.7 Å². The zero-order valence-corrected chi connectivity index (χ0v) is 14.0. The number of aliphatic hydroxyl groups excluding tert-OH is 1. The molecule has 4 atom stereocenters. The van der Waals surface area contributed by atoms with E-state index in [2.05, 4.69) is 16.0 Å². The second kappa shape index (κ2) is 10.6. The van der Waals surface area contributed by atoms with E-state index in [1.165, 1.54) is 6.92 Å². The largest absolute Gasteiger partial charge is 0.480 e. The van der Waals surface area contributed by atoms with E-state index >= 15 is 0 Å². The van der Waals surface area contributed by atoms with Crippen LogP contribution in [-0.4, -0.2) is 65.2 Å². The van der Waals surface area contributed by atoms with E-state index in [1.807, 2.05) is 6.92 Å². The number of carbonyl (C=O) groups is 4. The van der Waals surface area contributed by atoms with Crippen LogP contribution < -0.4 is 21.7 Å². The van der Waals surface area contributed by atoms with Gasteiger partial charge in [0.2, 0.25) is 17.7 Å². The average Bonchev–Trinajstić information content (AvgIpc) is 2.53. The fourth-order valence-corrected chi connectivity index (χ4v) is 1.70. The number of aliphatic hydroxyl groups is 1. The smallest absolute Gasteiger partial charge is 0.322 e. The molecule has 3 amide bonds. The molecule has 0 bridgehead atoms. The lowest BCUT2D eigenvalue weighted by Gasteiger charge is -2.21. The summed E-state index contributed by atoms with van der Waals surface area (Å²) < 4.78 is 0. The van der Waals surface area contributed by atoms with Crippen LogP contribution in [0, 0.1) is 5.92 Å². The molecule has 0 saturated heterocycles. The molecule has 0 aromatic rings. The maximum Gasteiger partial charge on any atom is 0.322 e. The maximum absolute atomic E-state index is 11.8. The first-order valence-corrected chi connectivity index (χ1v) is 7.60. The summed E-state index contributed by atoms with van der Waals surface area (Å²) in [5.41, 5.74) is 5.72. The van der Waals surface area contributed by atoms with Crippen LogP contribution in [0.15, 0.2) is 0 Å². The highest BCUT2D eigenvalue weighted by atomic mass is 16.4. The molecule has 0 aliphatic carbocycles. The topological polar surface area (TPSA) is 171 Å². The predicted molar refractivity (Wildman–Crippen MR) is 84.7 cm³/mol. The van der Waals surface area contributed by atoms with Gasteiger partial charge in [0.1, 0.15) is 12.6 Å². The predicted octanol–water partition coefficient (Wildman–Crippen LogP) is -2.46. The lowest BCUT2D eigenvalue weighted by molar-refractivity contribution is -0.139. The number of carbonyl (C=O) groups excluding carboxylic acids is 3. The molecule has 0 radical (unpaired) electrons. The number of hydrogen-bond donors (Lipinski definition) is 6. The van der Waals surface area contributed by atoms with Crippen LogP contribution in [0.5, 0.6) is 0 Å². The van der Waals surface area contributed by atoms with Crippen molar-refractivity contribution in [3.05, 3.63) is 0 Å². The summed E-state index contributed by atoms with van der Waals surface area (Å²) in [6.07, 6.45) is -0.546. The third-order valence-corrected chi connectivity index (χ3v) is 3.48. The SMILES string of the molecule is CCC(C)C(N)C(=O)NCC(=O)NC(C(=O)NCC(=O)O)C(C)O. The number of carboxylic acid groups (broad SMARTS) is 1. The van der Waals surface area contributed by atoms with Crippen molar-refractivity contribution in [1.82, 2.24) is 16.0 Å². The van der Waals surface area contributed by atoms with Gasteiger partial charge in [-0.2, -0.15) is 0 Å². The molecule has 10 heteroatoms. The molecular formula is C14H26N4O6. The molecule has 0 aliphatic rings. The van der Waals surface area contributed by atoms with Gasteiger partial charge in [-0.1, -0.05) is 20.3 Å². The number of aliphatic carboxylic acids is 1. The van der Waals surface area contributed by atoms with Gasteiger partial charge >= 0.3 is 5.97 Å². The minimum atomic E-state index is -1.34. The molecule has 0 spiro atoms. The van der Waals surface area contributed by atoms with Crippen molar-refractivity contribution in [2.75, 3.05) is 13.1 Å². The fourth-order valence-electron chi connectivity index (χ4n) is 1.70. The van der Waals surface area contributed by atoms with E-state index in [-0.39, 0.29) is 5.92 Å². The molecule has 0 aliphatic heterocycles. The second-order valence-electron chi connectivity index (χ2n) is 5.53. The Morgan fingerprint density at radius 3 is 2.04 bits per heavy atom. The molecule has 24 heavy (non-hydrogen) atoms. The third-order valence-electron chi connectivity index (χ3n) is 3.48. The fraction of sp³-hybridized carbons (Fsp3) is 0.714. The summed E-state index contributed by atoms with van der Waals surface area (Å²) >= 11 is 0. The molecule has 7 N–H and O–H groups in total. The summed E-state index contributed by atoms with van der Waals surface area (Å²) in [4.78, 5) is 45.7. The Morgan fingerprint density at radius 2 is 1.58 bits per heavy atom. The molecule has 0 rings (SSSR count). The summed E-state index contributed by atoms with van der Waals surface area (Å²) in [6.45, 7) is 3.90. The first-order valence-electron chi connectivity index (χ1n) is 7.60. The Labute approximate surface area is 140 Å². The number of nitrogens with one attached hydrogen (secondary N) is 3. The zero-order valence-electron chi connectivity index (χ0n) is 14.0. The Balaban J connectivity index is 4.51. The number of amides is 3. The minimum Gasteiger partial charge on any atom is -0.480 e. The van der Waals surface area contributed by atoms with Gasteiger partial charge in [-0.05, 0) is 12.8 Å². The monoisotopic (exact) mass is 346 g/mol. The lowest BCUT2D eigenvalue weighted by Crippen LogP contribution is -2.55. The van der Waals surface area contributed by atoms with Crippen LogP contribution in [0.4, 0.5) is 0 Å². The highest BCUT2D eigenvalue weighted by molar-refractivity contribution is 5.92. The minimum absolute atomic E-state index is 0.0555. The number of carboxylic acids is 1. The van der Waals surface area contributed by atoms with E-state index in [0.717, 1.165) is 0 Å². The van der Waals surface area contributed by atoms with Gasteiger partial charge in [-0.15, -0.1) is 0 Å². The van der Waals surface area contributed by atoms with Crippen LogP contribution in [0.1, 0.15) is 27.2 Å². The average molecular weight is 346 g/mol. The summed E-state index contributed by atoms with van der Waals surface area (Å²) in [5.74, 6) is -3.37. The van der Waals surface area contributed by atoms with Crippen molar-refractivity contribution >= 4 is 23.7 Å². The summed E-state index contributed by atoms with van der Waals surface area (Å²) in [7, 11) is 0. The Hall–Kier alpha value is -2.20. The number of rotatable bonds is 10. The lowest BCUT2D eigenvalue weighted by atomic mass is 9.99. The van der Waals surface area contributed by atoms with Crippen LogP contribution in [0.25, 0.3) is 0 Å². The second-order valence-corrected chi connectivity index (χ2v) is 5.53. The Kier molecular flexibility index (Phi) is 9.58. The first kappa shape index (κ1) is 21.8. The quantitative estimate of drug-likeness (QED) is 0.255. The molecule has 138 valence electrons. The van der Waals surface area contributed by atoms with E-state index in [1.54, 1.807) is 6.92 Å². The molecular weight excluding hydrogens is 320 g/mol. The van der Waals surface area contributed by atoms with Crippen molar-refractivity contribution in [1.29, 1.82) is 0 Å². The van der Waals surface area contributed by atoms with Gasteiger partial charge in [0, 0.05) is 0 Å². The number of hydrogen-bond acceptors (Lipinski definition) is 6. The van der Waals surface area contributed by atoms with Gasteiger partial charge < -0.3 is 31.9 Å². The van der Waals surface area contributed by atoms with Gasteiger partial charge in [0.15, 0.2) is 0 Å². The van der Waals surface area contributed by atoms with Crippen LogP contribution >= 0.6 is 0 Å². The molecule has 0 saturated carbocycles. The van der Waals surface area contributed by atoms with Crippen LogP contribution in [0.2, 0.25) is 0 Å². The van der Waals surface area contributed by atoms with Gasteiger partial charge in [-0.25, -0.2) is 0 Å². The van der Waals surface area contributed by atoms with Gasteiger partial charge in [-0.3, -0.25) is 19.2 Å². The Bertz CT molecular complexity index is 468. The van der Waals surface area contributed by atoms with Gasteiger partial charge in [0.05, 0.1) is 18.7 Å². The van der Waals surface area contributed by atoms with E-state index in [9.17, 15) is 24.3 Å². The molecule has 0 heterocycles. The number of nitrogens with two attached hydrogens (primary N) is 1. The molecule has 0 fully saturated rings. The van der Waals surface area contributed by atoms with E-state index in [0.29, 0.717) is 6.42 Å². The first-order chi connectivity index (χ1) is 11.1. The summed E-state index contributed by atoms with van der Waals surface area (Å²) in [6, 6.07) is -2.09. The van der Waals surface area contributed by atoms with Crippen molar-refractivity contribution in [3.8, 4) is 0 Å². The summed E-state index contributed by atoms with van der Waals surface area (Å²) in [5, 5.41) is 24.7. The standard InChI is InChI=1S/C14H26N4O6/c1-4-7(2)11(15)13(23)16-5-9(20)18-12(8(3)19)14(24)17-6-10(21)22/h7-8,11-12,19H,4-6,15H2,1-3H3,(H,16,23)(H,17,24)(H,18,20)(H,21,22). The highest BCUT2D eigenvalue weighted by Gasteiger charge is 2.26. The Morgan fingerprint density at radius 1 is 1.04 bits per heavy atom. The van der Waals surface area contributed by atoms with Crippen LogP contribution in [-0.2, 0) is 19.2 Å². The normalized spacial score (nSPS) is 15.5. The van der Waals surface area contributed by atoms with Crippen molar-refractivity contribution < 1.29 is 29.4 Å².